The zero-order chi connectivity index (χ0) is 18.1. The van der Waals surface area contributed by atoms with E-state index in [9.17, 15) is 14.0 Å². The second-order valence-corrected chi connectivity index (χ2v) is 7.16. The van der Waals surface area contributed by atoms with Crippen LogP contribution in [0.5, 0.6) is 0 Å². The Morgan fingerprint density at radius 2 is 2.00 bits per heavy atom. The summed E-state index contributed by atoms with van der Waals surface area (Å²) < 4.78 is 19.6. The van der Waals surface area contributed by atoms with Crippen LogP contribution >= 0.6 is 0 Å². The maximum absolute atomic E-state index is 14.3. The van der Waals surface area contributed by atoms with Crippen molar-refractivity contribution in [1.82, 2.24) is 4.90 Å². The lowest BCUT2D eigenvalue weighted by Crippen LogP contribution is -2.51. The molecule has 0 N–H and O–H groups in total. The summed E-state index contributed by atoms with van der Waals surface area (Å²) in [6.07, 6.45) is -1.91. The van der Waals surface area contributed by atoms with Crippen LogP contribution in [0.2, 0.25) is 0 Å². The van der Waals surface area contributed by atoms with E-state index >= 15 is 0 Å². The van der Waals surface area contributed by atoms with Gasteiger partial charge in [0, 0.05) is 19.3 Å². The Balaban J connectivity index is 2.20. The molecule has 0 aliphatic carbocycles. The highest BCUT2D eigenvalue weighted by atomic mass is 19.1. The minimum absolute atomic E-state index is 0.136. The Morgan fingerprint density at radius 1 is 1.33 bits per heavy atom. The number of amides is 2. The van der Waals surface area contributed by atoms with Gasteiger partial charge in [-0.1, -0.05) is 12.1 Å². The van der Waals surface area contributed by atoms with Crippen LogP contribution in [0, 0.1) is 6.92 Å². The lowest BCUT2D eigenvalue weighted by atomic mass is 10.1. The molecule has 24 heavy (non-hydrogen) atoms. The average Bonchev–Trinajstić information content (AvgIpc) is 2.86. The molecule has 1 aliphatic rings. The number of carbonyl (C=O) groups is 2. The molecule has 1 aromatic carbocycles. The van der Waals surface area contributed by atoms with E-state index in [0.29, 0.717) is 5.69 Å². The van der Waals surface area contributed by atoms with E-state index in [-0.39, 0.29) is 13.0 Å². The summed E-state index contributed by atoms with van der Waals surface area (Å²) in [7, 11) is 1.59. The van der Waals surface area contributed by atoms with Crippen molar-refractivity contribution in [2.75, 3.05) is 18.5 Å². The summed E-state index contributed by atoms with van der Waals surface area (Å²) in [5.41, 5.74) is 0.976. The Morgan fingerprint density at radius 3 is 2.58 bits per heavy atom. The van der Waals surface area contributed by atoms with Gasteiger partial charge in [-0.25, -0.2) is 9.18 Å². The van der Waals surface area contributed by atoms with Crippen LogP contribution in [0.1, 0.15) is 32.8 Å². The molecule has 132 valence electrons. The number of likely N-dealkylation sites (N-methyl/N-ethyl adjacent to an activating group) is 1. The number of nitrogens with zero attached hydrogens (tertiary/aromatic N) is 2. The molecule has 2 amide bonds. The van der Waals surface area contributed by atoms with Gasteiger partial charge in [0.15, 0.2) is 0 Å². The minimum atomic E-state index is -1.39. The third kappa shape index (κ3) is 4.04. The van der Waals surface area contributed by atoms with Gasteiger partial charge >= 0.3 is 6.09 Å². The van der Waals surface area contributed by atoms with E-state index in [1.165, 1.54) is 9.80 Å². The summed E-state index contributed by atoms with van der Waals surface area (Å²) >= 11 is 0. The third-order valence-electron chi connectivity index (χ3n) is 3.92. The molecule has 1 aliphatic heterocycles. The number of rotatable bonds is 2. The molecule has 6 heteroatoms. The topological polar surface area (TPSA) is 49.9 Å². The van der Waals surface area contributed by atoms with Crippen LogP contribution < -0.4 is 4.90 Å². The number of carbonyl (C=O) groups excluding carboxylic acids is 2. The van der Waals surface area contributed by atoms with Crippen molar-refractivity contribution in [3.63, 3.8) is 0 Å². The molecular weight excluding hydrogens is 311 g/mol. The fraction of sp³-hybridized carbons (Fsp3) is 0.556. The van der Waals surface area contributed by atoms with Gasteiger partial charge in [0.2, 0.25) is 0 Å². The van der Waals surface area contributed by atoms with Crippen molar-refractivity contribution < 1.29 is 18.7 Å². The fourth-order valence-corrected chi connectivity index (χ4v) is 2.73. The molecule has 1 saturated heterocycles. The molecule has 1 aromatic rings. The Bertz CT molecular complexity index is 627. The molecule has 0 unspecified atom stereocenters. The van der Waals surface area contributed by atoms with Crippen molar-refractivity contribution in [2.24, 2.45) is 0 Å². The molecule has 5 nitrogen and oxygen atoms in total. The largest absolute Gasteiger partial charge is 0.444 e. The number of hydrogen-bond donors (Lipinski definition) is 0. The summed E-state index contributed by atoms with van der Waals surface area (Å²) in [6.45, 7) is 7.31. The van der Waals surface area contributed by atoms with Crippen LogP contribution in [-0.4, -0.2) is 48.3 Å². The van der Waals surface area contributed by atoms with E-state index in [2.05, 4.69) is 0 Å². The molecule has 2 rings (SSSR count). The van der Waals surface area contributed by atoms with Crippen LogP contribution in [0.4, 0.5) is 14.9 Å². The number of alkyl halides is 1. The molecule has 0 radical (unpaired) electrons. The van der Waals surface area contributed by atoms with Gasteiger partial charge in [-0.2, -0.15) is 0 Å². The minimum Gasteiger partial charge on any atom is -0.444 e. The van der Waals surface area contributed by atoms with Crippen LogP contribution in [0.15, 0.2) is 24.3 Å². The normalized spacial score (nSPS) is 20.8. The molecular formula is C18H25FN2O3. The Hall–Kier alpha value is -2.11. The molecule has 0 saturated carbocycles. The predicted octanol–water partition coefficient (Wildman–Crippen LogP) is 3.31. The Kier molecular flexibility index (Phi) is 5.16. The van der Waals surface area contributed by atoms with Crippen molar-refractivity contribution in [2.45, 2.75) is 51.9 Å². The number of ether oxygens (including phenoxy) is 1. The zero-order valence-corrected chi connectivity index (χ0v) is 14.9. The lowest BCUT2D eigenvalue weighted by molar-refractivity contribution is -0.124. The van der Waals surface area contributed by atoms with Gasteiger partial charge in [-0.3, -0.25) is 9.69 Å². The first kappa shape index (κ1) is 18.2. The summed E-state index contributed by atoms with van der Waals surface area (Å²) in [4.78, 5) is 27.7. The Labute approximate surface area is 142 Å². The monoisotopic (exact) mass is 336 g/mol. The van der Waals surface area contributed by atoms with E-state index < -0.39 is 29.8 Å². The standard InChI is InChI=1S/C18H25FN2O3/c1-12-7-6-8-13(11-12)20(5)16(22)15-14(19)9-10-21(15)17(23)24-18(2,3)4/h6-8,11,14-15H,9-10H2,1-5H3/t14-,15+/m1/s1. The van der Waals surface area contributed by atoms with Crippen molar-refractivity contribution in [3.8, 4) is 0 Å². The summed E-state index contributed by atoms with van der Waals surface area (Å²) in [5.74, 6) is -0.448. The molecule has 0 aromatic heterocycles. The number of likely N-dealkylation sites (tertiary alicyclic amines) is 1. The summed E-state index contributed by atoms with van der Waals surface area (Å²) in [6, 6.07) is 6.23. The van der Waals surface area contributed by atoms with Gasteiger partial charge in [0.25, 0.3) is 5.91 Å². The first-order valence-corrected chi connectivity index (χ1v) is 8.08. The SMILES string of the molecule is Cc1cccc(N(C)C(=O)[C@@H]2[C@H](F)CCN2C(=O)OC(C)(C)C)c1. The molecule has 1 heterocycles. The first-order valence-electron chi connectivity index (χ1n) is 8.08. The maximum atomic E-state index is 14.3. The molecule has 2 atom stereocenters. The molecule has 1 fully saturated rings. The van der Waals surface area contributed by atoms with Crippen molar-refractivity contribution in [3.05, 3.63) is 29.8 Å². The van der Waals surface area contributed by atoms with Gasteiger partial charge in [0.05, 0.1) is 0 Å². The molecule has 0 spiro atoms. The number of halogens is 1. The zero-order valence-electron chi connectivity index (χ0n) is 14.9. The first-order chi connectivity index (χ1) is 11.1. The van der Waals surface area contributed by atoms with Crippen LogP contribution in [-0.2, 0) is 9.53 Å². The predicted molar refractivity (Wildman–Crippen MR) is 90.8 cm³/mol. The highest BCUT2D eigenvalue weighted by molar-refractivity contribution is 5.99. The number of hydrogen-bond acceptors (Lipinski definition) is 3. The highest BCUT2D eigenvalue weighted by Crippen LogP contribution is 2.27. The number of anilines is 1. The summed E-state index contributed by atoms with van der Waals surface area (Å²) in [5, 5.41) is 0. The van der Waals surface area contributed by atoms with Crippen molar-refractivity contribution in [1.29, 1.82) is 0 Å². The fourth-order valence-electron chi connectivity index (χ4n) is 2.73. The van der Waals surface area contributed by atoms with E-state index in [0.717, 1.165) is 5.56 Å². The maximum Gasteiger partial charge on any atom is 0.411 e. The van der Waals surface area contributed by atoms with Gasteiger partial charge < -0.3 is 9.64 Å². The van der Waals surface area contributed by atoms with Gasteiger partial charge in [0.1, 0.15) is 17.8 Å². The van der Waals surface area contributed by atoms with Crippen LogP contribution in [0.3, 0.4) is 0 Å². The van der Waals surface area contributed by atoms with Crippen molar-refractivity contribution >= 4 is 17.7 Å². The van der Waals surface area contributed by atoms with Crippen LogP contribution in [0.25, 0.3) is 0 Å². The third-order valence-corrected chi connectivity index (χ3v) is 3.92. The smallest absolute Gasteiger partial charge is 0.411 e. The quantitative estimate of drug-likeness (QED) is 0.832. The van der Waals surface area contributed by atoms with Gasteiger partial charge in [-0.05, 0) is 51.8 Å². The van der Waals surface area contributed by atoms with E-state index in [1.54, 1.807) is 33.9 Å². The molecule has 0 bridgehead atoms. The van der Waals surface area contributed by atoms with Gasteiger partial charge in [-0.15, -0.1) is 0 Å². The highest BCUT2D eigenvalue weighted by Gasteiger charge is 2.45. The second-order valence-electron chi connectivity index (χ2n) is 7.16. The lowest BCUT2D eigenvalue weighted by Gasteiger charge is -2.30. The second kappa shape index (κ2) is 6.79. The number of benzene rings is 1. The average molecular weight is 336 g/mol. The van der Waals surface area contributed by atoms with E-state index in [4.69, 9.17) is 4.74 Å². The van der Waals surface area contributed by atoms with E-state index in [1.807, 2.05) is 25.1 Å². The number of aryl methyl sites for hydroxylation is 1.